The minimum Gasteiger partial charge on any atom is -0.375 e. The Hall–Kier alpha value is -2.46. The van der Waals surface area contributed by atoms with Gasteiger partial charge in [0.2, 0.25) is 0 Å². The maximum atomic E-state index is 12.4. The van der Waals surface area contributed by atoms with Gasteiger partial charge >= 0.3 is 0 Å². The third-order valence-electron chi connectivity index (χ3n) is 4.05. The van der Waals surface area contributed by atoms with Gasteiger partial charge in [0.05, 0.1) is 12.1 Å². The number of nitrogens with one attached hydrogen (secondary N) is 1. The number of rotatable bonds is 3. The lowest BCUT2D eigenvalue weighted by Crippen LogP contribution is -2.36. The van der Waals surface area contributed by atoms with Crippen LogP contribution >= 0.6 is 0 Å². The molecule has 2 N–H and O–H groups in total. The Bertz CT molecular complexity index is 767. The van der Waals surface area contributed by atoms with Crippen LogP contribution in [0.4, 0.5) is 5.69 Å². The van der Waals surface area contributed by atoms with Crippen molar-refractivity contribution in [1.29, 1.82) is 0 Å². The molecule has 3 rings (SSSR count). The molecule has 1 amide bonds. The number of Topliss-reactive ketones (excluding diaryl/α,β-unsaturated/α-hetero) is 1. The first-order chi connectivity index (χ1) is 10.4. The number of hydrogen-bond donors (Lipinski definition) is 2. The van der Waals surface area contributed by atoms with E-state index in [4.69, 9.17) is 0 Å². The summed E-state index contributed by atoms with van der Waals surface area (Å²) in [7, 11) is 0. The number of aryl methyl sites for hydroxylation is 2. The van der Waals surface area contributed by atoms with Gasteiger partial charge in [-0.3, -0.25) is 9.59 Å². The highest BCUT2D eigenvalue weighted by Crippen LogP contribution is 2.41. The second-order valence-corrected chi connectivity index (χ2v) is 5.78. The highest BCUT2D eigenvalue weighted by molar-refractivity contribution is 6.09. The normalized spacial score (nSPS) is 19.7. The zero-order valence-corrected chi connectivity index (χ0v) is 12.5. The van der Waals surface area contributed by atoms with Crippen molar-refractivity contribution in [3.63, 3.8) is 0 Å². The zero-order valence-electron chi connectivity index (χ0n) is 12.5. The molecule has 1 aliphatic rings. The minimum absolute atomic E-state index is 0.259. The SMILES string of the molecule is Cc1cc(C)c2c(c1)C(O)(CC(=O)c1ccccc1)C(=O)N2. The molecule has 1 heterocycles. The number of hydrogen-bond acceptors (Lipinski definition) is 3. The van der Waals surface area contributed by atoms with Gasteiger partial charge in [0.25, 0.3) is 5.91 Å². The van der Waals surface area contributed by atoms with Gasteiger partial charge in [0.15, 0.2) is 11.4 Å². The van der Waals surface area contributed by atoms with E-state index in [0.29, 0.717) is 16.8 Å². The highest BCUT2D eigenvalue weighted by atomic mass is 16.3. The zero-order chi connectivity index (χ0) is 15.9. The van der Waals surface area contributed by atoms with Crippen molar-refractivity contribution in [1.82, 2.24) is 0 Å². The van der Waals surface area contributed by atoms with Crippen molar-refractivity contribution in [2.24, 2.45) is 0 Å². The summed E-state index contributed by atoms with van der Waals surface area (Å²) in [6.45, 7) is 3.77. The summed E-state index contributed by atoms with van der Waals surface area (Å²) in [6.07, 6.45) is -0.265. The summed E-state index contributed by atoms with van der Waals surface area (Å²) in [5, 5.41) is 13.6. The molecule has 2 aromatic rings. The molecule has 0 saturated heterocycles. The van der Waals surface area contributed by atoms with Crippen LogP contribution in [0.25, 0.3) is 0 Å². The summed E-state index contributed by atoms with van der Waals surface area (Å²) >= 11 is 0. The Morgan fingerprint density at radius 1 is 1.18 bits per heavy atom. The van der Waals surface area contributed by atoms with Crippen LogP contribution in [0.15, 0.2) is 42.5 Å². The number of anilines is 1. The molecule has 112 valence electrons. The number of amides is 1. The molecule has 2 aromatic carbocycles. The quantitative estimate of drug-likeness (QED) is 0.856. The molecule has 0 fully saturated rings. The number of ketones is 1. The number of carbonyl (C=O) groups excluding carboxylic acids is 2. The van der Waals surface area contributed by atoms with Gasteiger partial charge < -0.3 is 10.4 Å². The first kappa shape index (κ1) is 14.5. The first-order valence-corrected chi connectivity index (χ1v) is 7.15. The Balaban J connectivity index is 2.01. The van der Waals surface area contributed by atoms with E-state index in [0.717, 1.165) is 11.1 Å². The predicted octanol–water partition coefficient (Wildman–Crippen LogP) is 2.72. The van der Waals surface area contributed by atoms with Crippen molar-refractivity contribution >= 4 is 17.4 Å². The van der Waals surface area contributed by atoms with Gasteiger partial charge in [0, 0.05) is 11.1 Å². The maximum Gasteiger partial charge on any atom is 0.261 e. The molecule has 4 heteroatoms. The Morgan fingerprint density at radius 3 is 2.55 bits per heavy atom. The largest absolute Gasteiger partial charge is 0.375 e. The first-order valence-electron chi connectivity index (χ1n) is 7.15. The van der Waals surface area contributed by atoms with Gasteiger partial charge in [-0.15, -0.1) is 0 Å². The summed E-state index contributed by atoms with van der Waals surface area (Å²) < 4.78 is 0. The molecule has 4 nitrogen and oxygen atoms in total. The number of benzene rings is 2. The lowest BCUT2D eigenvalue weighted by Gasteiger charge is -2.20. The molecular weight excluding hydrogens is 278 g/mol. The third-order valence-corrected chi connectivity index (χ3v) is 4.05. The summed E-state index contributed by atoms with van der Waals surface area (Å²) in [5.41, 5.74) is 1.60. The van der Waals surface area contributed by atoms with E-state index >= 15 is 0 Å². The van der Waals surface area contributed by atoms with Crippen molar-refractivity contribution in [3.05, 3.63) is 64.7 Å². The Labute approximate surface area is 128 Å². The van der Waals surface area contributed by atoms with Crippen LogP contribution in [0, 0.1) is 13.8 Å². The van der Waals surface area contributed by atoms with Crippen molar-refractivity contribution in [3.8, 4) is 0 Å². The number of aliphatic hydroxyl groups is 1. The maximum absolute atomic E-state index is 12.4. The number of fused-ring (bicyclic) bond motifs is 1. The molecule has 1 atom stereocenters. The van der Waals surface area contributed by atoms with E-state index in [1.807, 2.05) is 26.0 Å². The van der Waals surface area contributed by atoms with E-state index in [9.17, 15) is 14.7 Å². The van der Waals surface area contributed by atoms with Crippen LogP contribution in [0.5, 0.6) is 0 Å². The van der Waals surface area contributed by atoms with Crippen LogP contribution in [0.3, 0.4) is 0 Å². The molecule has 0 radical (unpaired) electrons. The third kappa shape index (κ3) is 2.22. The second kappa shape index (κ2) is 5.07. The van der Waals surface area contributed by atoms with E-state index in [2.05, 4.69) is 5.32 Å². The summed E-state index contributed by atoms with van der Waals surface area (Å²) in [5.74, 6) is -0.800. The van der Waals surface area contributed by atoms with Crippen molar-refractivity contribution in [2.45, 2.75) is 25.9 Å². The van der Waals surface area contributed by atoms with Crippen LogP contribution in [-0.2, 0) is 10.4 Å². The van der Waals surface area contributed by atoms with Gasteiger partial charge in [-0.1, -0.05) is 48.0 Å². The Morgan fingerprint density at radius 2 is 1.86 bits per heavy atom. The average Bonchev–Trinajstić information content (AvgIpc) is 2.73. The van der Waals surface area contributed by atoms with Gasteiger partial charge in [-0.25, -0.2) is 0 Å². The monoisotopic (exact) mass is 295 g/mol. The molecule has 1 unspecified atom stereocenters. The molecule has 0 saturated carbocycles. The second-order valence-electron chi connectivity index (χ2n) is 5.78. The van der Waals surface area contributed by atoms with Crippen molar-refractivity contribution in [2.75, 3.05) is 5.32 Å². The van der Waals surface area contributed by atoms with Gasteiger partial charge in [-0.05, 0) is 19.4 Å². The fourth-order valence-electron chi connectivity index (χ4n) is 2.93. The lowest BCUT2D eigenvalue weighted by molar-refractivity contribution is -0.133. The predicted molar refractivity (Wildman–Crippen MR) is 83.8 cm³/mol. The molecule has 0 bridgehead atoms. The minimum atomic E-state index is -1.81. The highest BCUT2D eigenvalue weighted by Gasteiger charge is 2.47. The van der Waals surface area contributed by atoms with Crippen LogP contribution in [-0.4, -0.2) is 16.8 Å². The molecule has 0 spiro atoms. The topological polar surface area (TPSA) is 66.4 Å². The van der Waals surface area contributed by atoms with Gasteiger partial charge in [-0.2, -0.15) is 0 Å². The Kier molecular flexibility index (Phi) is 3.34. The summed E-state index contributed by atoms with van der Waals surface area (Å²) in [6, 6.07) is 12.4. The van der Waals surface area contributed by atoms with E-state index in [-0.39, 0.29) is 12.2 Å². The fourth-order valence-corrected chi connectivity index (χ4v) is 2.93. The molecule has 0 aliphatic carbocycles. The van der Waals surface area contributed by atoms with E-state index < -0.39 is 11.5 Å². The average molecular weight is 295 g/mol. The molecule has 22 heavy (non-hydrogen) atoms. The van der Waals surface area contributed by atoms with E-state index in [1.165, 1.54) is 0 Å². The number of carbonyl (C=O) groups is 2. The summed E-state index contributed by atoms with van der Waals surface area (Å²) in [4.78, 5) is 24.7. The molecule has 0 aromatic heterocycles. The molecular formula is C18H17NO3. The van der Waals surface area contributed by atoms with Crippen molar-refractivity contribution < 1.29 is 14.7 Å². The standard InChI is InChI=1S/C18H17NO3/c1-11-8-12(2)16-14(9-11)18(22,17(21)19-16)10-15(20)13-6-4-3-5-7-13/h3-9,22H,10H2,1-2H3,(H,19,21). The smallest absolute Gasteiger partial charge is 0.261 e. The van der Waals surface area contributed by atoms with Crippen LogP contribution in [0.2, 0.25) is 0 Å². The van der Waals surface area contributed by atoms with Crippen LogP contribution in [0.1, 0.15) is 33.5 Å². The van der Waals surface area contributed by atoms with Crippen LogP contribution < -0.4 is 5.32 Å². The fraction of sp³-hybridized carbons (Fsp3) is 0.222. The lowest BCUT2D eigenvalue weighted by atomic mass is 9.86. The van der Waals surface area contributed by atoms with Gasteiger partial charge in [0.1, 0.15) is 0 Å². The molecule has 1 aliphatic heterocycles. The van der Waals surface area contributed by atoms with E-state index in [1.54, 1.807) is 30.3 Å².